The minimum atomic E-state index is -0.598. The summed E-state index contributed by atoms with van der Waals surface area (Å²) in [5.74, 6) is 1.28. The molecule has 0 aromatic heterocycles. The smallest absolute Gasteiger partial charge is 0.254 e. The molecule has 0 aliphatic carbocycles. The number of amides is 2. The maximum Gasteiger partial charge on any atom is 0.254 e. The molecule has 8 heteroatoms. The number of likely N-dealkylation sites (N-methyl/N-ethyl adjacent to an activating group) is 1. The molecule has 4 rings (SSSR count). The zero-order valence-electron chi connectivity index (χ0n) is 19.7. The lowest BCUT2D eigenvalue weighted by Gasteiger charge is -2.41. The number of carbonyl (C=O) groups excluding carboxylic acids is 2. The lowest BCUT2D eigenvalue weighted by atomic mass is 9.78. The molecular weight excluding hydrogens is 424 g/mol. The van der Waals surface area contributed by atoms with E-state index in [1.807, 2.05) is 17.0 Å². The van der Waals surface area contributed by atoms with Crippen LogP contribution in [0.25, 0.3) is 0 Å². The van der Waals surface area contributed by atoms with Crippen molar-refractivity contribution in [3.05, 3.63) is 47.0 Å². The summed E-state index contributed by atoms with van der Waals surface area (Å²) in [7, 11) is 7.94. The second-order valence-electron chi connectivity index (χ2n) is 8.28. The van der Waals surface area contributed by atoms with E-state index in [0.717, 1.165) is 18.4 Å². The van der Waals surface area contributed by atoms with Crippen molar-refractivity contribution in [1.29, 1.82) is 0 Å². The van der Waals surface area contributed by atoms with E-state index in [4.69, 9.17) is 18.9 Å². The van der Waals surface area contributed by atoms with Crippen LogP contribution in [-0.4, -0.2) is 70.2 Å². The Hall–Kier alpha value is -3.42. The van der Waals surface area contributed by atoms with Crippen LogP contribution in [0.2, 0.25) is 0 Å². The molecule has 2 atom stereocenters. The molecule has 8 nitrogen and oxygen atoms in total. The molecular formula is C25H30N2O6. The zero-order chi connectivity index (χ0) is 23.7. The first-order valence-electron chi connectivity index (χ1n) is 11.0. The number of hydrogen-bond donors (Lipinski definition) is 0. The van der Waals surface area contributed by atoms with Crippen molar-refractivity contribution in [2.24, 2.45) is 0 Å². The second kappa shape index (κ2) is 9.21. The van der Waals surface area contributed by atoms with Crippen LogP contribution >= 0.6 is 0 Å². The van der Waals surface area contributed by atoms with Gasteiger partial charge in [-0.15, -0.1) is 0 Å². The van der Waals surface area contributed by atoms with E-state index in [-0.39, 0.29) is 11.8 Å². The summed E-state index contributed by atoms with van der Waals surface area (Å²) in [4.78, 5) is 30.9. The average molecular weight is 455 g/mol. The van der Waals surface area contributed by atoms with Crippen LogP contribution in [0.1, 0.15) is 46.3 Å². The van der Waals surface area contributed by atoms with Crippen molar-refractivity contribution >= 4 is 11.8 Å². The molecule has 2 aliphatic rings. The van der Waals surface area contributed by atoms with Crippen LogP contribution < -0.4 is 18.9 Å². The number of rotatable bonds is 6. The largest absolute Gasteiger partial charge is 0.493 e. The fourth-order valence-corrected chi connectivity index (χ4v) is 4.90. The van der Waals surface area contributed by atoms with Crippen molar-refractivity contribution in [1.82, 2.24) is 9.80 Å². The molecule has 1 saturated heterocycles. The van der Waals surface area contributed by atoms with Gasteiger partial charge in [0.15, 0.2) is 23.0 Å². The Morgan fingerprint density at radius 2 is 1.42 bits per heavy atom. The Balaban J connectivity index is 1.92. The van der Waals surface area contributed by atoms with Gasteiger partial charge in [0.25, 0.3) is 5.91 Å². The molecule has 2 aromatic rings. The number of hydrogen-bond acceptors (Lipinski definition) is 6. The van der Waals surface area contributed by atoms with E-state index in [1.54, 1.807) is 51.5 Å². The maximum atomic E-state index is 13.9. The molecule has 2 aliphatic heterocycles. The van der Waals surface area contributed by atoms with Gasteiger partial charge < -0.3 is 28.7 Å². The van der Waals surface area contributed by atoms with Crippen molar-refractivity contribution in [2.45, 2.75) is 24.8 Å². The molecule has 2 heterocycles. The summed E-state index contributed by atoms with van der Waals surface area (Å²) in [5, 5.41) is 0. The maximum absolute atomic E-state index is 13.9. The van der Waals surface area contributed by atoms with Gasteiger partial charge in [-0.05, 0) is 48.2 Å². The quantitative estimate of drug-likeness (QED) is 0.667. The van der Waals surface area contributed by atoms with E-state index >= 15 is 0 Å². The number of fused-ring (bicyclic) bond motifs is 1. The highest BCUT2D eigenvalue weighted by Gasteiger charge is 2.45. The Morgan fingerprint density at radius 3 is 2.03 bits per heavy atom. The summed E-state index contributed by atoms with van der Waals surface area (Å²) in [6.07, 6.45) is 1.96. The highest BCUT2D eigenvalue weighted by Crippen LogP contribution is 2.47. The molecule has 0 saturated carbocycles. The van der Waals surface area contributed by atoms with Crippen LogP contribution in [0, 0.1) is 0 Å². The monoisotopic (exact) mass is 454 g/mol. The first kappa shape index (κ1) is 22.8. The summed E-state index contributed by atoms with van der Waals surface area (Å²) >= 11 is 0. The highest BCUT2D eigenvalue weighted by atomic mass is 16.5. The fraction of sp³-hybridized carbons (Fsp3) is 0.440. The lowest BCUT2D eigenvalue weighted by molar-refractivity contribution is -0.133. The first-order valence-corrected chi connectivity index (χ1v) is 11.0. The molecule has 2 amide bonds. The summed E-state index contributed by atoms with van der Waals surface area (Å²) in [5.41, 5.74) is 1.89. The fourth-order valence-electron chi connectivity index (χ4n) is 4.90. The van der Waals surface area contributed by atoms with Gasteiger partial charge in [0.2, 0.25) is 5.91 Å². The zero-order valence-corrected chi connectivity index (χ0v) is 19.7. The van der Waals surface area contributed by atoms with Gasteiger partial charge in [-0.3, -0.25) is 9.59 Å². The van der Waals surface area contributed by atoms with Crippen LogP contribution in [0.5, 0.6) is 23.0 Å². The number of likely N-dealkylation sites (tertiary alicyclic amines) is 1. The molecule has 0 radical (unpaired) electrons. The predicted octanol–water partition coefficient (Wildman–Crippen LogP) is 3.25. The third-order valence-electron chi connectivity index (χ3n) is 6.61. The molecule has 1 fully saturated rings. The first-order chi connectivity index (χ1) is 15.9. The highest BCUT2D eigenvalue weighted by molar-refractivity contribution is 6.02. The normalized spacial score (nSPS) is 19.8. The topological polar surface area (TPSA) is 77.5 Å². The lowest BCUT2D eigenvalue weighted by Crippen LogP contribution is -2.46. The Kier molecular flexibility index (Phi) is 6.35. The van der Waals surface area contributed by atoms with Gasteiger partial charge in [-0.25, -0.2) is 0 Å². The van der Waals surface area contributed by atoms with Crippen molar-refractivity contribution in [3.8, 4) is 23.0 Å². The number of methoxy groups -OCH3 is 4. The van der Waals surface area contributed by atoms with Gasteiger partial charge in [-0.2, -0.15) is 0 Å². The molecule has 33 heavy (non-hydrogen) atoms. The molecule has 0 bridgehead atoms. The minimum absolute atomic E-state index is 0.0000970. The molecule has 0 unspecified atom stereocenters. The number of nitrogens with zero attached hydrogens (tertiary/aromatic N) is 2. The van der Waals surface area contributed by atoms with Crippen LogP contribution in [-0.2, 0) is 4.79 Å². The summed E-state index contributed by atoms with van der Waals surface area (Å²) < 4.78 is 21.8. The Morgan fingerprint density at radius 1 is 0.848 bits per heavy atom. The standard InChI is InChI=1S/C25H30N2O6/c1-26-23(15-8-9-18(30-2)19(12-15)31-3)22(25(29)27-10-6-7-11-27)16-13-20(32-4)21(33-5)14-17(16)24(26)28/h8-9,12-14,22-23H,6-7,10-11H2,1-5H3/t22-,23+/m1/s1. The van der Waals surface area contributed by atoms with E-state index in [0.29, 0.717) is 47.2 Å². The SMILES string of the molecule is COc1ccc([C@H]2[C@H](C(=O)N3CCCC3)c3cc(OC)c(OC)cc3C(=O)N2C)cc1OC. The summed E-state index contributed by atoms with van der Waals surface area (Å²) in [6, 6.07) is 8.44. The molecule has 0 spiro atoms. The van der Waals surface area contributed by atoms with Crippen LogP contribution in [0.3, 0.4) is 0 Å². The van der Waals surface area contributed by atoms with E-state index in [1.165, 1.54) is 7.11 Å². The Labute approximate surface area is 194 Å². The van der Waals surface area contributed by atoms with E-state index in [2.05, 4.69) is 0 Å². The van der Waals surface area contributed by atoms with Crippen LogP contribution in [0.4, 0.5) is 0 Å². The minimum Gasteiger partial charge on any atom is -0.493 e. The summed E-state index contributed by atoms with van der Waals surface area (Å²) in [6.45, 7) is 1.43. The van der Waals surface area contributed by atoms with Gasteiger partial charge in [-0.1, -0.05) is 6.07 Å². The second-order valence-corrected chi connectivity index (χ2v) is 8.28. The van der Waals surface area contributed by atoms with E-state index in [9.17, 15) is 9.59 Å². The van der Waals surface area contributed by atoms with Crippen LogP contribution in [0.15, 0.2) is 30.3 Å². The average Bonchev–Trinajstić information content (AvgIpc) is 3.39. The third kappa shape index (κ3) is 3.83. The van der Waals surface area contributed by atoms with Crippen molar-refractivity contribution in [2.75, 3.05) is 48.6 Å². The van der Waals surface area contributed by atoms with Gasteiger partial charge in [0, 0.05) is 25.7 Å². The molecule has 0 N–H and O–H groups in total. The molecule has 2 aromatic carbocycles. The van der Waals surface area contributed by atoms with E-state index < -0.39 is 12.0 Å². The van der Waals surface area contributed by atoms with Crippen molar-refractivity contribution in [3.63, 3.8) is 0 Å². The number of ether oxygens (including phenoxy) is 4. The third-order valence-corrected chi connectivity index (χ3v) is 6.61. The van der Waals surface area contributed by atoms with Gasteiger partial charge >= 0.3 is 0 Å². The van der Waals surface area contributed by atoms with Gasteiger partial charge in [0.1, 0.15) is 0 Å². The van der Waals surface area contributed by atoms with Gasteiger partial charge in [0.05, 0.1) is 40.4 Å². The number of carbonyl (C=O) groups is 2. The predicted molar refractivity (Wildman–Crippen MR) is 122 cm³/mol. The number of benzene rings is 2. The Bertz CT molecular complexity index is 1060. The van der Waals surface area contributed by atoms with Crippen molar-refractivity contribution < 1.29 is 28.5 Å². The molecule has 176 valence electrons.